The van der Waals surface area contributed by atoms with Gasteiger partial charge in [-0.3, -0.25) is 0 Å². The van der Waals surface area contributed by atoms with Crippen molar-refractivity contribution in [2.75, 3.05) is 6.54 Å². The standard InChI is InChI=1S/C13H16BrNS2/c1-13(2,11-4-3-7-16-11)9-15-8-10-5-6-12(14)17-10/h3-7,15H,8-9H2,1-2H3. The summed E-state index contributed by atoms with van der Waals surface area (Å²) in [6.07, 6.45) is 0. The van der Waals surface area contributed by atoms with Crippen molar-refractivity contribution in [1.82, 2.24) is 5.32 Å². The molecule has 0 aliphatic carbocycles. The largest absolute Gasteiger partial charge is 0.311 e. The van der Waals surface area contributed by atoms with E-state index >= 15 is 0 Å². The second kappa shape index (κ2) is 5.65. The molecule has 0 spiro atoms. The Kier molecular flexibility index (Phi) is 4.42. The van der Waals surface area contributed by atoms with E-state index in [2.05, 4.69) is 64.7 Å². The van der Waals surface area contributed by atoms with Gasteiger partial charge in [-0.2, -0.15) is 0 Å². The van der Waals surface area contributed by atoms with Crippen LogP contribution < -0.4 is 5.32 Å². The van der Waals surface area contributed by atoms with Crippen LogP contribution in [-0.2, 0) is 12.0 Å². The molecular formula is C13H16BrNS2. The molecule has 2 heterocycles. The summed E-state index contributed by atoms with van der Waals surface area (Å²) in [7, 11) is 0. The molecule has 0 atom stereocenters. The van der Waals surface area contributed by atoms with Crippen molar-refractivity contribution in [3.63, 3.8) is 0 Å². The quantitative estimate of drug-likeness (QED) is 0.842. The third-order valence-corrected chi connectivity index (χ3v) is 5.54. The molecule has 2 rings (SSSR count). The summed E-state index contributed by atoms with van der Waals surface area (Å²) in [4.78, 5) is 2.82. The zero-order chi connectivity index (χ0) is 12.3. The molecule has 2 aromatic heterocycles. The van der Waals surface area contributed by atoms with E-state index in [0.717, 1.165) is 13.1 Å². The van der Waals surface area contributed by atoms with E-state index in [1.807, 2.05) is 11.3 Å². The molecule has 0 aromatic carbocycles. The number of thiophene rings is 2. The van der Waals surface area contributed by atoms with Gasteiger partial charge < -0.3 is 5.32 Å². The highest BCUT2D eigenvalue weighted by atomic mass is 79.9. The van der Waals surface area contributed by atoms with Crippen molar-refractivity contribution in [1.29, 1.82) is 0 Å². The van der Waals surface area contributed by atoms with Crippen molar-refractivity contribution in [3.8, 4) is 0 Å². The van der Waals surface area contributed by atoms with Gasteiger partial charge in [-0.1, -0.05) is 19.9 Å². The molecule has 0 unspecified atom stereocenters. The van der Waals surface area contributed by atoms with E-state index in [0.29, 0.717) is 0 Å². The first-order chi connectivity index (χ1) is 8.08. The van der Waals surface area contributed by atoms with Gasteiger partial charge in [0, 0.05) is 28.3 Å². The molecule has 92 valence electrons. The number of rotatable bonds is 5. The zero-order valence-corrected chi connectivity index (χ0v) is 13.2. The Morgan fingerprint density at radius 2 is 2.12 bits per heavy atom. The minimum absolute atomic E-state index is 0.211. The molecule has 0 aliphatic heterocycles. The molecule has 0 amide bonds. The maximum atomic E-state index is 3.54. The third-order valence-electron chi connectivity index (χ3n) is 2.68. The van der Waals surface area contributed by atoms with Gasteiger partial charge in [0.25, 0.3) is 0 Å². The summed E-state index contributed by atoms with van der Waals surface area (Å²) >= 11 is 7.12. The van der Waals surface area contributed by atoms with E-state index in [9.17, 15) is 0 Å². The highest BCUT2D eigenvalue weighted by Crippen LogP contribution is 2.27. The number of hydrogen-bond donors (Lipinski definition) is 1. The fraction of sp³-hybridized carbons (Fsp3) is 0.385. The van der Waals surface area contributed by atoms with Crippen molar-refractivity contribution in [2.45, 2.75) is 25.8 Å². The van der Waals surface area contributed by atoms with Crippen LogP contribution in [0.15, 0.2) is 33.4 Å². The summed E-state index contributed by atoms with van der Waals surface area (Å²) < 4.78 is 1.20. The fourth-order valence-electron chi connectivity index (χ4n) is 1.70. The normalized spacial score (nSPS) is 11.9. The predicted molar refractivity (Wildman–Crippen MR) is 81.1 cm³/mol. The lowest BCUT2D eigenvalue weighted by Gasteiger charge is -2.23. The van der Waals surface area contributed by atoms with Crippen LogP contribution in [0.2, 0.25) is 0 Å². The Hall–Kier alpha value is -0.160. The van der Waals surface area contributed by atoms with Crippen LogP contribution in [0.5, 0.6) is 0 Å². The van der Waals surface area contributed by atoms with Crippen LogP contribution >= 0.6 is 38.6 Å². The lowest BCUT2D eigenvalue weighted by atomic mass is 9.91. The average molecular weight is 330 g/mol. The smallest absolute Gasteiger partial charge is 0.0701 e. The van der Waals surface area contributed by atoms with Gasteiger partial charge in [-0.25, -0.2) is 0 Å². The summed E-state index contributed by atoms with van der Waals surface area (Å²) in [6.45, 7) is 6.53. The summed E-state index contributed by atoms with van der Waals surface area (Å²) in [5.74, 6) is 0. The zero-order valence-electron chi connectivity index (χ0n) is 10.00. The topological polar surface area (TPSA) is 12.0 Å². The maximum absolute atomic E-state index is 3.54. The van der Waals surface area contributed by atoms with Crippen LogP contribution in [0.3, 0.4) is 0 Å². The second-order valence-electron chi connectivity index (χ2n) is 4.67. The molecule has 1 nitrogen and oxygen atoms in total. The van der Waals surface area contributed by atoms with Crippen molar-refractivity contribution in [3.05, 3.63) is 43.2 Å². The highest BCUT2D eigenvalue weighted by molar-refractivity contribution is 9.11. The molecule has 1 N–H and O–H groups in total. The summed E-state index contributed by atoms with van der Waals surface area (Å²) in [6, 6.07) is 8.61. The molecular weight excluding hydrogens is 314 g/mol. The Morgan fingerprint density at radius 3 is 2.71 bits per heavy atom. The van der Waals surface area contributed by atoms with Gasteiger partial charge in [-0.15, -0.1) is 22.7 Å². The first kappa shape index (κ1) is 13.3. The van der Waals surface area contributed by atoms with Crippen LogP contribution in [0.25, 0.3) is 0 Å². The van der Waals surface area contributed by atoms with Crippen molar-refractivity contribution >= 4 is 38.6 Å². The predicted octanol–water partition coefficient (Wildman–Crippen LogP) is 4.64. The number of halogens is 1. The van der Waals surface area contributed by atoms with Crippen LogP contribution in [0.4, 0.5) is 0 Å². The molecule has 2 aromatic rings. The van der Waals surface area contributed by atoms with Crippen molar-refractivity contribution < 1.29 is 0 Å². The molecule has 0 radical (unpaired) electrons. The van der Waals surface area contributed by atoms with Gasteiger partial charge in [-0.05, 0) is 39.5 Å². The average Bonchev–Trinajstić information content (AvgIpc) is 2.89. The first-order valence-electron chi connectivity index (χ1n) is 5.57. The van der Waals surface area contributed by atoms with Gasteiger partial charge in [0.15, 0.2) is 0 Å². The van der Waals surface area contributed by atoms with E-state index in [1.165, 1.54) is 13.5 Å². The van der Waals surface area contributed by atoms with Crippen LogP contribution in [0.1, 0.15) is 23.6 Å². The second-order valence-corrected chi connectivity index (χ2v) is 8.17. The third kappa shape index (κ3) is 3.65. The SMILES string of the molecule is CC(C)(CNCc1ccc(Br)s1)c1cccs1. The Bertz CT molecular complexity index is 459. The van der Waals surface area contributed by atoms with Crippen LogP contribution in [-0.4, -0.2) is 6.54 Å². The summed E-state index contributed by atoms with van der Waals surface area (Å²) in [5, 5.41) is 5.69. The lowest BCUT2D eigenvalue weighted by Crippen LogP contribution is -2.31. The minimum atomic E-state index is 0.211. The molecule has 17 heavy (non-hydrogen) atoms. The van der Waals surface area contributed by atoms with E-state index in [-0.39, 0.29) is 5.41 Å². The Balaban J connectivity index is 1.86. The first-order valence-corrected chi connectivity index (χ1v) is 8.06. The van der Waals surface area contributed by atoms with E-state index in [4.69, 9.17) is 0 Å². The summed E-state index contributed by atoms with van der Waals surface area (Å²) in [5.41, 5.74) is 0.211. The van der Waals surface area contributed by atoms with Gasteiger partial charge in [0.1, 0.15) is 0 Å². The van der Waals surface area contributed by atoms with Gasteiger partial charge in [0.2, 0.25) is 0 Å². The molecule has 0 fully saturated rings. The van der Waals surface area contributed by atoms with Crippen molar-refractivity contribution in [2.24, 2.45) is 0 Å². The van der Waals surface area contributed by atoms with E-state index in [1.54, 1.807) is 11.3 Å². The number of hydrogen-bond acceptors (Lipinski definition) is 3. The van der Waals surface area contributed by atoms with E-state index < -0.39 is 0 Å². The number of nitrogens with one attached hydrogen (secondary N) is 1. The van der Waals surface area contributed by atoms with Crippen LogP contribution in [0, 0.1) is 0 Å². The molecule has 0 aliphatic rings. The Morgan fingerprint density at radius 1 is 1.29 bits per heavy atom. The monoisotopic (exact) mass is 329 g/mol. The molecule has 0 bridgehead atoms. The molecule has 4 heteroatoms. The van der Waals surface area contributed by atoms with Gasteiger partial charge >= 0.3 is 0 Å². The van der Waals surface area contributed by atoms with Gasteiger partial charge in [0.05, 0.1) is 3.79 Å². The lowest BCUT2D eigenvalue weighted by molar-refractivity contribution is 0.478. The molecule has 0 saturated heterocycles. The Labute approximate surface area is 119 Å². The fourth-order valence-corrected chi connectivity index (χ4v) is 4.00. The highest BCUT2D eigenvalue weighted by Gasteiger charge is 2.20. The minimum Gasteiger partial charge on any atom is -0.311 e. The molecule has 0 saturated carbocycles. The maximum Gasteiger partial charge on any atom is 0.0701 e.